The van der Waals surface area contributed by atoms with Crippen LogP contribution in [0.15, 0.2) is 24.3 Å². The fourth-order valence-corrected chi connectivity index (χ4v) is 3.17. The first-order valence-electron chi connectivity index (χ1n) is 8.87. The molecule has 1 unspecified atom stereocenters. The normalized spacial score (nSPS) is 19.3. The zero-order valence-electron chi connectivity index (χ0n) is 14.0. The molecule has 3 nitrogen and oxygen atoms in total. The standard InChI is InChI=1S/C19H31NO2/c1-2-3-4-7-13-22-19-11-6-5-10-18(19)15-20-12-8-9-17(14-20)16-21/h5-6,10-11,17,21H,2-4,7-9,12-16H2,1H3. The summed E-state index contributed by atoms with van der Waals surface area (Å²) in [5, 5.41) is 9.37. The van der Waals surface area contributed by atoms with E-state index in [1.54, 1.807) is 0 Å². The van der Waals surface area contributed by atoms with Crippen molar-refractivity contribution in [1.29, 1.82) is 0 Å². The second-order valence-electron chi connectivity index (χ2n) is 6.44. The SMILES string of the molecule is CCCCCCOc1ccccc1CN1CCCC(CO)C1. The summed E-state index contributed by atoms with van der Waals surface area (Å²) < 4.78 is 6.00. The zero-order valence-corrected chi connectivity index (χ0v) is 14.0. The van der Waals surface area contributed by atoms with Crippen LogP contribution in [-0.4, -0.2) is 36.3 Å². The first-order chi connectivity index (χ1) is 10.8. The van der Waals surface area contributed by atoms with E-state index in [0.29, 0.717) is 12.5 Å². The summed E-state index contributed by atoms with van der Waals surface area (Å²) in [6, 6.07) is 8.40. The Labute approximate surface area is 135 Å². The highest BCUT2D eigenvalue weighted by Crippen LogP contribution is 2.23. The first-order valence-corrected chi connectivity index (χ1v) is 8.87. The topological polar surface area (TPSA) is 32.7 Å². The molecule has 0 aliphatic carbocycles. The van der Waals surface area contributed by atoms with Crippen LogP contribution in [0, 0.1) is 5.92 Å². The van der Waals surface area contributed by atoms with Gasteiger partial charge in [0.15, 0.2) is 0 Å². The van der Waals surface area contributed by atoms with Crippen molar-refractivity contribution in [3.63, 3.8) is 0 Å². The Bertz CT molecular complexity index is 422. The molecule has 1 aliphatic heterocycles. The molecule has 2 rings (SSSR count). The highest BCUT2D eigenvalue weighted by Gasteiger charge is 2.20. The number of rotatable bonds is 9. The minimum atomic E-state index is 0.312. The van der Waals surface area contributed by atoms with E-state index < -0.39 is 0 Å². The largest absolute Gasteiger partial charge is 0.493 e. The van der Waals surface area contributed by atoms with Gasteiger partial charge in [-0.05, 0) is 37.8 Å². The zero-order chi connectivity index (χ0) is 15.6. The van der Waals surface area contributed by atoms with Crippen molar-refractivity contribution in [2.75, 3.05) is 26.3 Å². The Morgan fingerprint density at radius 2 is 2.09 bits per heavy atom. The molecule has 0 bridgehead atoms. The summed E-state index contributed by atoms with van der Waals surface area (Å²) in [6.45, 7) is 6.42. The third-order valence-electron chi connectivity index (χ3n) is 4.48. The van der Waals surface area contributed by atoms with Crippen LogP contribution in [0.4, 0.5) is 0 Å². The summed E-state index contributed by atoms with van der Waals surface area (Å²) in [5.41, 5.74) is 1.27. The van der Waals surface area contributed by atoms with Gasteiger partial charge in [0, 0.05) is 25.3 Å². The molecule has 124 valence electrons. The van der Waals surface area contributed by atoms with E-state index in [1.807, 2.05) is 0 Å². The van der Waals surface area contributed by atoms with Gasteiger partial charge in [0.1, 0.15) is 5.75 Å². The lowest BCUT2D eigenvalue weighted by atomic mass is 9.98. The van der Waals surface area contributed by atoms with Gasteiger partial charge in [-0.3, -0.25) is 4.90 Å². The Morgan fingerprint density at radius 1 is 1.23 bits per heavy atom. The van der Waals surface area contributed by atoms with Crippen molar-refractivity contribution in [3.05, 3.63) is 29.8 Å². The molecule has 0 amide bonds. The maximum Gasteiger partial charge on any atom is 0.123 e. The Hall–Kier alpha value is -1.06. The van der Waals surface area contributed by atoms with Crippen molar-refractivity contribution in [2.24, 2.45) is 5.92 Å². The third kappa shape index (κ3) is 5.62. The second kappa shape index (κ2) is 9.86. The van der Waals surface area contributed by atoms with E-state index in [9.17, 15) is 5.11 Å². The molecule has 1 N–H and O–H groups in total. The fraction of sp³-hybridized carbons (Fsp3) is 0.684. The number of ether oxygens (including phenoxy) is 1. The monoisotopic (exact) mass is 305 g/mol. The van der Waals surface area contributed by atoms with Crippen LogP contribution in [0.1, 0.15) is 51.0 Å². The molecule has 22 heavy (non-hydrogen) atoms. The number of hydrogen-bond acceptors (Lipinski definition) is 3. The molecule has 1 atom stereocenters. The van der Waals surface area contributed by atoms with Crippen molar-refractivity contribution in [3.8, 4) is 5.75 Å². The third-order valence-corrected chi connectivity index (χ3v) is 4.48. The van der Waals surface area contributed by atoms with Crippen LogP contribution in [0.2, 0.25) is 0 Å². The van der Waals surface area contributed by atoms with Crippen molar-refractivity contribution in [2.45, 2.75) is 52.0 Å². The molecule has 0 saturated carbocycles. The van der Waals surface area contributed by atoms with Crippen LogP contribution in [0.25, 0.3) is 0 Å². The summed E-state index contributed by atoms with van der Waals surface area (Å²) in [7, 11) is 0. The molecule has 1 aromatic carbocycles. The molecular weight excluding hydrogens is 274 g/mol. The molecule has 0 radical (unpaired) electrons. The molecule has 1 saturated heterocycles. The lowest BCUT2D eigenvalue weighted by Gasteiger charge is -2.32. The predicted molar refractivity (Wildman–Crippen MR) is 91.2 cm³/mol. The lowest BCUT2D eigenvalue weighted by molar-refractivity contribution is 0.115. The summed E-state index contributed by atoms with van der Waals surface area (Å²) in [6.07, 6.45) is 7.29. The fourth-order valence-electron chi connectivity index (χ4n) is 3.17. The summed E-state index contributed by atoms with van der Waals surface area (Å²) in [5.74, 6) is 1.47. The van der Waals surface area contributed by atoms with Crippen LogP contribution in [0.3, 0.4) is 0 Å². The number of aliphatic hydroxyl groups is 1. The average molecular weight is 305 g/mol. The quantitative estimate of drug-likeness (QED) is 0.703. The van der Waals surface area contributed by atoms with Crippen molar-refractivity contribution in [1.82, 2.24) is 4.90 Å². The highest BCUT2D eigenvalue weighted by molar-refractivity contribution is 5.33. The summed E-state index contributed by atoms with van der Waals surface area (Å²) in [4.78, 5) is 2.45. The molecular formula is C19H31NO2. The van der Waals surface area contributed by atoms with E-state index in [1.165, 1.54) is 31.2 Å². The molecule has 1 aliphatic rings. The van der Waals surface area contributed by atoms with Gasteiger partial charge in [0.25, 0.3) is 0 Å². The second-order valence-corrected chi connectivity index (χ2v) is 6.44. The van der Waals surface area contributed by atoms with Gasteiger partial charge in [-0.25, -0.2) is 0 Å². The van der Waals surface area contributed by atoms with Crippen LogP contribution < -0.4 is 4.74 Å². The van der Waals surface area contributed by atoms with Crippen LogP contribution in [0.5, 0.6) is 5.75 Å². The number of piperidine rings is 1. The number of benzene rings is 1. The summed E-state index contributed by atoms with van der Waals surface area (Å²) >= 11 is 0. The Balaban J connectivity index is 1.85. The lowest BCUT2D eigenvalue weighted by Crippen LogP contribution is -2.36. The first kappa shape index (κ1) is 17.3. The molecule has 3 heteroatoms. The van der Waals surface area contributed by atoms with E-state index in [0.717, 1.165) is 44.8 Å². The number of likely N-dealkylation sites (tertiary alicyclic amines) is 1. The molecule has 0 aromatic heterocycles. The van der Waals surface area contributed by atoms with E-state index in [-0.39, 0.29) is 0 Å². The van der Waals surface area contributed by atoms with Gasteiger partial charge in [0.2, 0.25) is 0 Å². The van der Waals surface area contributed by atoms with Crippen molar-refractivity contribution >= 4 is 0 Å². The molecule has 0 spiro atoms. The predicted octanol–water partition coefficient (Wildman–Crippen LogP) is 3.85. The van der Waals surface area contributed by atoms with E-state index in [2.05, 4.69) is 36.1 Å². The average Bonchev–Trinajstić information content (AvgIpc) is 2.56. The van der Waals surface area contributed by atoms with Crippen molar-refractivity contribution < 1.29 is 9.84 Å². The van der Waals surface area contributed by atoms with E-state index in [4.69, 9.17) is 4.74 Å². The van der Waals surface area contributed by atoms with Gasteiger partial charge in [-0.1, -0.05) is 44.4 Å². The number of unbranched alkanes of at least 4 members (excludes halogenated alkanes) is 3. The van der Waals surface area contributed by atoms with Crippen LogP contribution >= 0.6 is 0 Å². The smallest absolute Gasteiger partial charge is 0.123 e. The minimum Gasteiger partial charge on any atom is -0.493 e. The van der Waals surface area contributed by atoms with Gasteiger partial charge in [-0.15, -0.1) is 0 Å². The van der Waals surface area contributed by atoms with E-state index >= 15 is 0 Å². The van der Waals surface area contributed by atoms with Gasteiger partial charge >= 0.3 is 0 Å². The Kier molecular flexibility index (Phi) is 7.75. The number of para-hydroxylation sites is 1. The molecule has 1 aromatic rings. The maximum absolute atomic E-state index is 9.37. The Morgan fingerprint density at radius 3 is 2.91 bits per heavy atom. The van der Waals surface area contributed by atoms with Gasteiger partial charge in [0.05, 0.1) is 6.61 Å². The minimum absolute atomic E-state index is 0.312. The number of nitrogens with zero attached hydrogens (tertiary/aromatic N) is 1. The van der Waals surface area contributed by atoms with Gasteiger partial charge in [-0.2, -0.15) is 0 Å². The number of aliphatic hydroxyl groups excluding tert-OH is 1. The number of hydrogen-bond donors (Lipinski definition) is 1. The highest BCUT2D eigenvalue weighted by atomic mass is 16.5. The maximum atomic E-state index is 9.37. The molecule has 1 heterocycles. The van der Waals surface area contributed by atoms with Gasteiger partial charge < -0.3 is 9.84 Å². The molecule has 1 fully saturated rings. The van der Waals surface area contributed by atoms with Crippen LogP contribution in [-0.2, 0) is 6.54 Å².